The van der Waals surface area contributed by atoms with Crippen LogP contribution in [0.3, 0.4) is 0 Å². The van der Waals surface area contributed by atoms with Gasteiger partial charge in [0.1, 0.15) is 24.6 Å². The predicted molar refractivity (Wildman–Crippen MR) is 123 cm³/mol. The van der Waals surface area contributed by atoms with Gasteiger partial charge in [0.2, 0.25) is 5.95 Å². The fourth-order valence-electron chi connectivity index (χ4n) is 2.93. The number of ether oxygens (including phenoxy) is 2. The third-order valence-corrected chi connectivity index (χ3v) is 5.77. The van der Waals surface area contributed by atoms with Gasteiger partial charge in [0.25, 0.3) is 14.0 Å². The van der Waals surface area contributed by atoms with Gasteiger partial charge in [-0.25, -0.2) is 14.5 Å². The van der Waals surface area contributed by atoms with Crippen LogP contribution in [0, 0.1) is 12.3 Å². The third-order valence-electron chi connectivity index (χ3n) is 4.67. The van der Waals surface area contributed by atoms with Gasteiger partial charge in [0.05, 0.1) is 12.7 Å². The first-order valence-corrected chi connectivity index (χ1v) is 11.5. The number of terminal acetylenes is 1. The number of hydrogen-bond donors (Lipinski definition) is 4. The van der Waals surface area contributed by atoms with E-state index < -0.39 is 44.8 Å². The molecule has 0 aliphatic carbocycles. The SMILES string of the molecule is C#C[C@@](F)([C@H](O)C(CO[PH](=O)N[C@@H](C)C(=O)OC(C)C)OC)n1cnc2c(NC)nc(N)nc21. The number of aliphatic hydroxyl groups is 1. The summed E-state index contributed by atoms with van der Waals surface area (Å²) < 4.78 is 44.4. The number of nitrogen functional groups attached to an aromatic ring is 1. The molecule has 0 saturated carbocycles. The zero-order valence-electron chi connectivity index (χ0n) is 19.4. The summed E-state index contributed by atoms with van der Waals surface area (Å²) in [5, 5.41) is 16.0. The Kier molecular flexibility index (Phi) is 9.31. The van der Waals surface area contributed by atoms with Crippen molar-refractivity contribution < 1.29 is 32.9 Å². The van der Waals surface area contributed by atoms with Crippen molar-refractivity contribution in [2.45, 2.75) is 50.9 Å². The van der Waals surface area contributed by atoms with Crippen LogP contribution in [0.5, 0.6) is 0 Å². The molecule has 0 radical (unpaired) electrons. The molecule has 5 N–H and O–H groups in total. The van der Waals surface area contributed by atoms with Gasteiger partial charge >= 0.3 is 5.97 Å². The van der Waals surface area contributed by atoms with Gasteiger partial charge in [-0.15, -0.1) is 6.42 Å². The van der Waals surface area contributed by atoms with E-state index in [0.29, 0.717) is 0 Å². The number of alkyl halides is 1. The third kappa shape index (κ3) is 5.99. The molecule has 2 rings (SSSR count). The van der Waals surface area contributed by atoms with Crippen molar-refractivity contribution in [3.8, 4) is 12.3 Å². The molecule has 2 aromatic rings. The Morgan fingerprint density at radius 2 is 2.12 bits per heavy atom. The second-order valence-electron chi connectivity index (χ2n) is 7.45. The molecule has 0 spiro atoms. The predicted octanol–water partition coefficient (Wildman–Crippen LogP) is 0.418. The Balaban J connectivity index is 2.19. The minimum absolute atomic E-state index is 0.0696. The second-order valence-corrected chi connectivity index (χ2v) is 8.61. The zero-order valence-corrected chi connectivity index (χ0v) is 20.4. The number of esters is 1. The topological polar surface area (TPSA) is 176 Å². The second kappa shape index (κ2) is 11.5. The molecule has 0 aliphatic rings. The number of fused-ring (bicyclic) bond motifs is 1. The van der Waals surface area contributed by atoms with Crippen molar-refractivity contribution in [2.75, 3.05) is 31.8 Å². The van der Waals surface area contributed by atoms with Crippen molar-refractivity contribution in [3.63, 3.8) is 0 Å². The molecule has 188 valence electrons. The monoisotopic (exact) mass is 501 g/mol. The lowest BCUT2D eigenvalue weighted by Crippen LogP contribution is -2.49. The summed E-state index contributed by atoms with van der Waals surface area (Å²) in [5.41, 5.74) is 5.79. The van der Waals surface area contributed by atoms with E-state index in [2.05, 4.69) is 25.4 Å². The highest BCUT2D eigenvalue weighted by atomic mass is 31.1. The van der Waals surface area contributed by atoms with Crippen LogP contribution in [0.15, 0.2) is 6.33 Å². The first-order chi connectivity index (χ1) is 16.0. The molecule has 0 bridgehead atoms. The quantitative estimate of drug-likeness (QED) is 0.179. The van der Waals surface area contributed by atoms with Crippen LogP contribution in [0.1, 0.15) is 20.8 Å². The smallest absolute Gasteiger partial charge is 0.323 e. The van der Waals surface area contributed by atoms with E-state index in [0.717, 1.165) is 10.9 Å². The number of carbonyl (C=O) groups excluding carboxylic acids is 1. The van der Waals surface area contributed by atoms with Crippen LogP contribution in [-0.2, 0) is 29.1 Å². The zero-order chi connectivity index (χ0) is 25.6. The van der Waals surface area contributed by atoms with Crippen LogP contribution < -0.4 is 16.1 Å². The molecule has 5 atom stereocenters. The number of aromatic nitrogens is 4. The lowest BCUT2D eigenvalue weighted by Gasteiger charge is -2.31. The molecule has 0 aliphatic heterocycles. The first-order valence-electron chi connectivity index (χ1n) is 10.2. The van der Waals surface area contributed by atoms with Gasteiger partial charge in [-0.2, -0.15) is 9.97 Å². The van der Waals surface area contributed by atoms with Crippen molar-refractivity contribution in [1.82, 2.24) is 24.6 Å². The lowest BCUT2D eigenvalue weighted by molar-refractivity contribution is -0.149. The molecule has 0 aromatic carbocycles. The summed E-state index contributed by atoms with van der Waals surface area (Å²) in [7, 11) is -0.237. The van der Waals surface area contributed by atoms with E-state index in [1.165, 1.54) is 14.0 Å². The average molecular weight is 501 g/mol. The van der Waals surface area contributed by atoms with Gasteiger partial charge in [-0.1, -0.05) is 0 Å². The van der Waals surface area contributed by atoms with Crippen LogP contribution in [0.25, 0.3) is 11.2 Å². The normalized spacial score (nSPS) is 16.9. The van der Waals surface area contributed by atoms with Gasteiger partial charge in [-0.3, -0.25) is 13.9 Å². The Hall–Kier alpha value is -2.82. The summed E-state index contributed by atoms with van der Waals surface area (Å²) in [6, 6.07) is -0.922. The maximum Gasteiger partial charge on any atom is 0.323 e. The molecular formula is C19H29FN7O6P. The van der Waals surface area contributed by atoms with Crippen LogP contribution in [0.4, 0.5) is 16.2 Å². The fourth-order valence-corrected chi connectivity index (χ4v) is 3.80. The summed E-state index contributed by atoms with van der Waals surface area (Å²) in [6.45, 7) is 4.27. The fraction of sp³-hybridized carbons (Fsp3) is 0.579. The molecule has 2 heterocycles. The Morgan fingerprint density at radius 1 is 1.44 bits per heavy atom. The summed E-state index contributed by atoms with van der Waals surface area (Å²) >= 11 is 0. The van der Waals surface area contributed by atoms with Gasteiger partial charge in [0, 0.05) is 14.2 Å². The van der Waals surface area contributed by atoms with Crippen LogP contribution in [0.2, 0.25) is 0 Å². The molecule has 2 aromatic heterocycles. The van der Waals surface area contributed by atoms with Crippen molar-refractivity contribution in [1.29, 1.82) is 0 Å². The molecule has 15 heteroatoms. The molecule has 2 unspecified atom stereocenters. The van der Waals surface area contributed by atoms with E-state index in [4.69, 9.17) is 26.2 Å². The van der Waals surface area contributed by atoms with E-state index in [1.54, 1.807) is 20.9 Å². The number of nitrogens with two attached hydrogens (primary N) is 1. The number of carbonyl (C=O) groups is 1. The highest BCUT2D eigenvalue weighted by molar-refractivity contribution is 7.36. The molecule has 0 fully saturated rings. The van der Waals surface area contributed by atoms with Gasteiger partial charge < -0.3 is 30.2 Å². The maximum absolute atomic E-state index is 16.0. The van der Waals surface area contributed by atoms with Crippen molar-refractivity contribution >= 4 is 37.1 Å². The number of imidazole rings is 1. The molecule has 0 saturated heterocycles. The molecule has 0 amide bonds. The number of hydrogen-bond acceptors (Lipinski definition) is 11. The number of aliphatic hydroxyl groups excluding tert-OH is 1. The average Bonchev–Trinajstić information content (AvgIpc) is 3.21. The minimum atomic E-state index is -2.99. The highest BCUT2D eigenvalue weighted by Gasteiger charge is 2.45. The lowest BCUT2D eigenvalue weighted by atomic mass is 10.0. The number of methoxy groups -OCH3 is 1. The number of anilines is 2. The van der Waals surface area contributed by atoms with E-state index in [1.807, 2.05) is 5.92 Å². The number of rotatable bonds is 12. The summed E-state index contributed by atoms with van der Waals surface area (Å²) in [6.07, 6.45) is 2.77. The Bertz CT molecular complexity index is 1080. The van der Waals surface area contributed by atoms with Crippen molar-refractivity contribution in [2.24, 2.45) is 0 Å². The van der Waals surface area contributed by atoms with E-state index >= 15 is 4.39 Å². The molecule has 13 nitrogen and oxygen atoms in total. The minimum Gasteiger partial charge on any atom is -0.462 e. The Labute approximate surface area is 196 Å². The molecular weight excluding hydrogens is 472 g/mol. The summed E-state index contributed by atoms with van der Waals surface area (Å²) in [4.78, 5) is 23.8. The number of halogens is 1. The molecule has 34 heavy (non-hydrogen) atoms. The van der Waals surface area contributed by atoms with E-state index in [-0.39, 0.29) is 29.0 Å². The highest BCUT2D eigenvalue weighted by Crippen LogP contribution is 2.32. The van der Waals surface area contributed by atoms with Crippen molar-refractivity contribution in [3.05, 3.63) is 6.33 Å². The summed E-state index contributed by atoms with van der Waals surface area (Å²) in [5.74, 6) is -1.56. The van der Waals surface area contributed by atoms with E-state index in [9.17, 15) is 14.5 Å². The largest absolute Gasteiger partial charge is 0.462 e. The van der Waals surface area contributed by atoms with Crippen LogP contribution in [-0.4, -0.2) is 75.7 Å². The standard InChI is InChI=1S/C19H29FN7O6P/c1-7-19(20,27-9-23-13-15(22-5)24-18(21)25-16(13)27)14(28)12(31-6)8-32-34(30)26-11(4)17(29)33-10(2)3/h1,9-12,14,28,34H,8H2,2-6H3,(H,26,30)(H3,21,22,24,25)/t11-,12?,14+,19-/m0/s1. The Morgan fingerprint density at radius 3 is 2.68 bits per heavy atom. The van der Waals surface area contributed by atoms with Gasteiger partial charge in [-0.05, 0) is 26.7 Å². The first kappa shape index (κ1) is 27.4. The number of nitrogens with one attached hydrogen (secondary N) is 2. The maximum atomic E-state index is 16.0. The van der Waals surface area contributed by atoms with Crippen LogP contribution >= 0.6 is 8.18 Å². The number of nitrogens with zero attached hydrogens (tertiary/aromatic N) is 4. The van der Waals surface area contributed by atoms with Gasteiger partial charge in [0.15, 0.2) is 17.0 Å².